The molecule has 0 bridgehead atoms. The van der Waals surface area contributed by atoms with Crippen molar-refractivity contribution in [3.63, 3.8) is 0 Å². The molecule has 0 atom stereocenters. The Balaban J connectivity index is 1.85. The van der Waals surface area contributed by atoms with Crippen LogP contribution in [0.25, 0.3) is 0 Å². The van der Waals surface area contributed by atoms with Crippen molar-refractivity contribution in [2.45, 2.75) is 37.5 Å². The van der Waals surface area contributed by atoms with Crippen molar-refractivity contribution in [3.05, 3.63) is 34.9 Å². The summed E-state index contributed by atoms with van der Waals surface area (Å²) in [6.07, 6.45) is 4.81. The van der Waals surface area contributed by atoms with Gasteiger partial charge in [0.25, 0.3) is 0 Å². The molecular formula is C18H26ClNO3. The number of hydrogen-bond acceptors (Lipinski definition) is 3. The Labute approximate surface area is 143 Å². The van der Waals surface area contributed by atoms with E-state index in [0.717, 1.165) is 37.7 Å². The van der Waals surface area contributed by atoms with Crippen LogP contribution in [0.15, 0.2) is 24.3 Å². The van der Waals surface area contributed by atoms with Gasteiger partial charge in [-0.25, -0.2) is 0 Å². The number of halogens is 1. The molecule has 23 heavy (non-hydrogen) atoms. The average Bonchev–Trinajstić information content (AvgIpc) is 3.05. The van der Waals surface area contributed by atoms with E-state index < -0.39 is 0 Å². The van der Waals surface area contributed by atoms with E-state index in [1.807, 2.05) is 24.3 Å². The molecule has 1 aliphatic carbocycles. The summed E-state index contributed by atoms with van der Waals surface area (Å²) in [5.41, 5.74) is 0.690. The molecule has 1 aromatic rings. The molecule has 1 aliphatic rings. The van der Waals surface area contributed by atoms with Gasteiger partial charge in [0.1, 0.15) is 0 Å². The van der Waals surface area contributed by atoms with Crippen molar-refractivity contribution in [2.24, 2.45) is 0 Å². The third-order valence-electron chi connectivity index (χ3n) is 4.47. The van der Waals surface area contributed by atoms with Gasteiger partial charge in [-0.1, -0.05) is 36.6 Å². The zero-order valence-electron chi connectivity index (χ0n) is 13.8. The minimum Gasteiger partial charge on any atom is -0.382 e. The zero-order chi connectivity index (χ0) is 16.5. The molecule has 0 unspecified atom stereocenters. The van der Waals surface area contributed by atoms with Crippen molar-refractivity contribution >= 4 is 17.5 Å². The lowest BCUT2D eigenvalue weighted by atomic mass is 9.78. The number of ether oxygens (including phenoxy) is 2. The van der Waals surface area contributed by atoms with Crippen LogP contribution in [0.2, 0.25) is 5.02 Å². The highest BCUT2D eigenvalue weighted by molar-refractivity contribution is 6.30. The normalized spacial score (nSPS) is 16.4. The second kappa shape index (κ2) is 9.26. The van der Waals surface area contributed by atoms with Gasteiger partial charge in [0.15, 0.2) is 0 Å². The monoisotopic (exact) mass is 339 g/mol. The van der Waals surface area contributed by atoms with Crippen LogP contribution in [0.1, 0.15) is 37.7 Å². The molecule has 0 aliphatic heterocycles. The third kappa shape index (κ3) is 4.93. The first-order valence-corrected chi connectivity index (χ1v) is 8.68. The fourth-order valence-corrected chi connectivity index (χ4v) is 3.31. The van der Waals surface area contributed by atoms with E-state index in [1.165, 1.54) is 0 Å². The zero-order valence-corrected chi connectivity index (χ0v) is 14.5. The first-order chi connectivity index (χ1) is 11.2. The summed E-state index contributed by atoms with van der Waals surface area (Å²) in [5.74, 6) is 0.134. The number of carbonyl (C=O) groups is 1. The summed E-state index contributed by atoms with van der Waals surface area (Å²) < 4.78 is 10.3. The van der Waals surface area contributed by atoms with Gasteiger partial charge >= 0.3 is 0 Å². The van der Waals surface area contributed by atoms with Gasteiger partial charge in [-0.05, 0) is 37.0 Å². The molecule has 1 amide bonds. The van der Waals surface area contributed by atoms with Crippen molar-refractivity contribution in [3.8, 4) is 0 Å². The molecule has 1 fully saturated rings. The highest BCUT2D eigenvalue weighted by atomic mass is 35.5. The molecule has 0 radical (unpaired) electrons. The molecule has 0 spiro atoms. The first kappa shape index (κ1) is 18.2. The van der Waals surface area contributed by atoms with E-state index in [4.69, 9.17) is 21.1 Å². The van der Waals surface area contributed by atoms with E-state index in [0.29, 0.717) is 31.4 Å². The highest BCUT2D eigenvalue weighted by Gasteiger charge is 2.42. The molecule has 4 nitrogen and oxygen atoms in total. The molecule has 2 rings (SSSR count). The first-order valence-electron chi connectivity index (χ1n) is 8.30. The lowest BCUT2D eigenvalue weighted by Gasteiger charge is -2.28. The second-order valence-corrected chi connectivity index (χ2v) is 6.45. The Morgan fingerprint density at radius 3 is 2.52 bits per heavy atom. The fourth-order valence-electron chi connectivity index (χ4n) is 3.18. The molecule has 1 N–H and O–H groups in total. The van der Waals surface area contributed by atoms with Crippen LogP contribution in [0.3, 0.4) is 0 Å². The lowest BCUT2D eigenvalue weighted by Crippen LogP contribution is -2.43. The lowest BCUT2D eigenvalue weighted by molar-refractivity contribution is -0.126. The molecule has 1 saturated carbocycles. The van der Waals surface area contributed by atoms with Gasteiger partial charge in [0.05, 0.1) is 18.6 Å². The van der Waals surface area contributed by atoms with Crippen LogP contribution in [-0.4, -0.2) is 39.4 Å². The molecular weight excluding hydrogens is 314 g/mol. The number of carbonyl (C=O) groups excluding carboxylic acids is 1. The van der Waals surface area contributed by atoms with Gasteiger partial charge in [0.2, 0.25) is 5.91 Å². The summed E-state index contributed by atoms with van der Waals surface area (Å²) in [4.78, 5) is 12.8. The van der Waals surface area contributed by atoms with E-state index in [-0.39, 0.29) is 11.3 Å². The third-order valence-corrected chi connectivity index (χ3v) is 4.72. The smallest absolute Gasteiger partial charge is 0.230 e. The van der Waals surface area contributed by atoms with Crippen LogP contribution >= 0.6 is 11.6 Å². The number of amides is 1. The second-order valence-electron chi connectivity index (χ2n) is 6.01. The summed E-state index contributed by atoms with van der Waals surface area (Å²) in [6.45, 7) is 2.48. The van der Waals surface area contributed by atoms with Crippen LogP contribution in [-0.2, 0) is 19.7 Å². The maximum absolute atomic E-state index is 12.8. The van der Waals surface area contributed by atoms with E-state index in [1.54, 1.807) is 7.11 Å². The topological polar surface area (TPSA) is 47.6 Å². The van der Waals surface area contributed by atoms with E-state index >= 15 is 0 Å². The van der Waals surface area contributed by atoms with Gasteiger partial charge < -0.3 is 14.8 Å². The van der Waals surface area contributed by atoms with Gasteiger partial charge in [-0.3, -0.25) is 4.79 Å². The molecule has 0 heterocycles. The molecule has 1 aromatic carbocycles. The quantitative estimate of drug-likeness (QED) is 0.702. The SMILES string of the molecule is COCCOCCCNC(=O)C1(c2ccc(Cl)cc2)CCCC1. The standard InChI is InChI=1S/C18H26ClNO3/c1-22-13-14-23-12-4-11-20-17(21)18(9-2-3-10-18)15-5-7-16(19)8-6-15/h5-8H,2-4,9-14H2,1H3,(H,20,21). The maximum Gasteiger partial charge on any atom is 0.230 e. The van der Waals surface area contributed by atoms with Crippen molar-refractivity contribution in [2.75, 3.05) is 33.5 Å². The maximum atomic E-state index is 12.8. The summed E-state index contributed by atoms with van der Waals surface area (Å²) in [6, 6.07) is 7.71. The van der Waals surface area contributed by atoms with Crippen molar-refractivity contribution < 1.29 is 14.3 Å². The summed E-state index contributed by atoms with van der Waals surface area (Å²) in [5, 5.41) is 3.79. The molecule has 0 aromatic heterocycles. The Kier molecular flexibility index (Phi) is 7.34. The number of rotatable bonds is 9. The number of hydrogen-bond donors (Lipinski definition) is 1. The molecule has 5 heteroatoms. The van der Waals surface area contributed by atoms with Gasteiger partial charge in [0, 0.05) is 25.3 Å². The fraction of sp³-hybridized carbons (Fsp3) is 0.611. The predicted octanol–water partition coefficient (Wildman–Crippen LogP) is 3.32. The molecule has 128 valence electrons. The summed E-state index contributed by atoms with van der Waals surface area (Å²) in [7, 11) is 1.65. The largest absolute Gasteiger partial charge is 0.382 e. The highest BCUT2D eigenvalue weighted by Crippen LogP contribution is 2.41. The number of methoxy groups -OCH3 is 1. The predicted molar refractivity (Wildman–Crippen MR) is 91.9 cm³/mol. The Hall–Kier alpha value is -1.10. The average molecular weight is 340 g/mol. The van der Waals surface area contributed by atoms with Gasteiger partial charge in [-0.15, -0.1) is 0 Å². The molecule has 0 saturated heterocycles. The Morgan fingerprint density at radius 2 is 1.87 bits per heavy atom. The Bertz CT molecular complexity index is 484. The number of benzene rings is 1. The van der Waals surface area contributed by atoms with Crippen LogP contribution in [0.4, 0.5) is 0 Å². The van der Waals surface area contributed by atoms with Crippen LogP contribution in [0.5, 0.6) is 0 Å². The minimum atomic E-state index is -0.387. The van der Waals surface area contributed by atoms with Crippen LogP contribution in [0, 0.1) is 0 Å². The van der Waals surface area contributed by atoms with E-state index in [2.05, 4.69) is 5.32 Å². The van der Waals surface area contributed by atoms with Gasteiger partial charge in [-0.2, -0.15) is 0 Å². The summed E-state index contributed by atoms with van der Waals surface area (Å²) >= 11 is 5.97. The van der Waals surface area contributed by atoms with Crippen molar-refractivity contribution in [1.29, 1.82) is 0 Å². The number of nitrogens with one attached hydrogen (secondary N) is 1. The van der Waals surface area contributed by atoms with Crippen molar-refractivity contribution in [1.82, 2.24) is 5.32 Å². The Morgan fingerprint density at radius 1 is 1.17 bits per heavy atom. The minimum absolute atomic E-state index is 0.134. The van der Waals surface area contributed by atoms with E-state index in [9.17, 15) is 4.79 Å². The van der Waals surface area contributed by atoms with Crippen LogP contribution < -0.4 is 5.32 Å².